The number of halogens is 2. The summed E-state index contributed by atoms with van der Waals surface area (Å²) in [5.74, 6) is 0.902. The lowest BCUT2D eigenvalue weighted by molar-refractivity contribution is -0.139. The minimum Gasteiger partial charge on any atom is -0.496 e. The number of nitrogens with zero attached hydrogens (tertiary/aromatic N) is 2. The molecule has 0 spiro atoms. The van der Waals surface area contributed by atoms with Crippen molar-refractivity contribution >= 4 is 79.3 Å². The van der Waals surface area contributed by atoms with Gasteiger partial charge in [-0.25, -0.2) is 9.79 Å². The van der Waals surface area contributed by atoms with Gasteiger partial charge < -0.3 is 14.2 Å². The Morgan fingerprint density at radius 1 is 1.10 bits per heavy atom. The van der Waals surface area contributed by atoms with Crippen LogP contribution >= 0.6 is 56.5 Å². The first-order valence-electron chi connectivity index (χ1n) is 12.7. The lowest BCUT2D eigenvalue weighted by atomic mass is 9.90. The molecule has 0 radical (unpaired) electrons. The van der Waals surface area contributed by atoms with E-state index in [2.05, 4.69) is 45.2 Å². The minimum atomic E-state index is -0.779. The molecule has 4 aromatic rings. The molecule has 5 rings (SSSR count). The average molecular weight is 780 g/mol. The van der Waals surface area contributed by atoms with E-state index in [1.54, 1.807) is 25.5 Å². The summed E-state index contributed by atoms with van der Waals surface area (Å²) in [6, 6.07) is 14.9. The Bertz CT molecular complexity index is 1840. The fourth-order valence-corrected chi connectivity index (χ4v) is 8.07. The Morgan fingerprint density at radius 3 is 2.50 bits per heavy atom. The number of carbonyl (C=O) groups excluding carboxylic acids is 1. The zero-order chi connectivity index (χ0) is 28.6. The summed E-state index contributed by atoms with van der Waals surface area (Å²) in [6.07, 6.45) is 1.87. The van der Waals surface area contributed by atoms with Gasteiger partial charge in [0.25, 0.3) is 5.56 Å². The second kappa shape index (κ2) is 12.0. The van der Waals surface area contributed by atoms with Gasteiger partial charge in [0.05, 0.1) is 43.3 Å². The summed E-state index contributed by atoms with van der Waals surface area (Å²) in [5.41, 5.74) is 2.19. The second-order valence-electron chi connectivity index (χ2n) is 8.95. The highest BCUT2D eigenvalue weighted by molar-refractivity contribution is 14.1. The van der Waals surface area contributed by atoms with Crippen LogP contribution in [0.15, 0.2) is 69.6 Å². The van der Waals surface area contributed by atoms with E-state index in [1.165, 1.54) is 11.3 Å². The molecule has 1 atom stereocenters. The molecule has 0 saturated heterocycles. The normalized spacial score (nSPS) is 15.2. The lowest BCUT2D eigenvalue weighted by Crippen LogP contribution is -2.40. The SMILES string of the molecule is CCOC(=O)C1=C(C)N=c2s/c(=C\c3cc(I)c(OCC)c(I)c3)c(=O)n2[C@@H]1c1c(OC)ccc2ccccc12. The first-order valence-corrected chi connectivity index (χ1v) is 15.6. The molecule has 3 aromatic carbocycles. The molecule has 0 aliphatic carbocycles. The van der Waals surface area contributed by atoms with E-state index in [9.17, 15) is 9.59 Å². The van der Waals surface area contributed by atoms with Crippen molar-refractivity contribution in [2.24, 2.45) is 4.99 Å². The summed E-state index contributed by atoms with van der Waals surface area (Å²) >= 11 is 5.80. The molecule has 1 aliphatic heterocycles. The fourth-order valence-electron chi connectivity index (χ4n) is 4.90. The molecule has 206 valence electrons. The van der Waals surface area contributed by atoms with E-state index in [4.69, 9.17) is 19.2 Å². The summed E-state index contributed by atoms with van der Waals surface area (Å²) in [7, 11) is 1.59. The molecular formula is C30H26I2N2O5S. The second-order valence-corrected chi connectivity index (χ2v) is 12.3. The van der Waals surface area contributed by atoms with E-state index in [0.29, 0.717) is 33.0 Å². The van der Waals surface area contributed by atoms with Crippen LogP contribution in [0.5, 0.6) is 11.5 Å². The Morgan fingerprint density at radius 2 is 1.82 bits per heavy atom. The molecule has 0 saturated carbocycles. The zero-order valence-electron chi connectivity index (χ0n) is 22.3. The molecule has 0 fully saturated rings. The molecule has 10 heteroatoms. The van der Waals surface area contributed by atoms with Crippen LogP contribution in [0.25, 0.3) is 16.8 Å². The number of methoxy groups -OCH3 is 1. The molecule has 2 heterocycles. The number of rotatable bonds is 7. The Hall–Kier alpha value is -2.71. The van der Waals surface area contributed by atoms with Crippen molar-refractivity contribution in [1.29, 1.82) is 0 Å². The molecule has 1 aromatic heterocycles. The van der Waals surface area contributed by atoms with Gasteiger partial charge in [0.15, 0.2) is 4.80 Å². The van der Waals surface area contributed by atoms with Crippen molar-refractivity contribution < 1.29 is 19.0 Å². The predicted molar refractivity (Wildman–Crippen MR) is 174 cm³/mol. The van der Waals surface area contributed by atoms with Crippen LogP contribution in [-0.4, -0.2) is 30.9 Å². The number of benzene rings is 3. The maximum atomic E-state index is 14.1. The maximum absolute atomic E-state index is 14.1. The third-order valence-electron chi connectivity index (χ3n) is 6.55. The predicted octanol–water partition coefficient (Wildman–Crippen LogP) is 5.57. The van der Waals surface area contributed by atoms with Crippen molar-refractivity contribution in [2.75, 3.05) is 20.3 Å². The van der Waals surface area contributed by atoms with Gasteiger partial charge in [0.2, 0.25) is 0 Å². The van der Waals surface area contributed by atoms with Gasteiger partial charge in [-0.2, -0.15) is 0 Å². The van der Waals surface area contributed by atoms with Gasteiger partial charge in [-0.15, -0.1) is 0 Å². The first kappa shape index (κ1) is 28.8. The van der Waals surface area contributed by atoms with Crippen LogP contribution in [0.4, 0.5) is 0 Å². The fraction of sp³-hybridized carbons (Fsp3) is 0.233. The standard InChI is InChI=1S/C30H26I2N2O5S/c1-5-38-27-20(31)13-17(14-21(27)32)15-23-28(35)34-26(24(29(36)39-6-2)16(3)33-30(34)40-23)25-19-10-8-7-9-18(19)11-12-22(25)37-4/h7-15,26H,5-6H2,1-4H3/b23-15-/t26-/m0/s1. The van der Waals surface area contributed by atoms with E-state index in [-0.39, 0.29) is 12.2 Å². The number of ether oxygens (including phenoxy) is 3. The van der Waals surface area contributed by atoms with Gasteiger partial charge in [0.1, 0.15) is 17.5 Å². The average Bonchev–Trinajstić information content (AvgIpc) is 3.23. The van der Waals surface area contributed by atoms with Crippen LogP contribution in [0.1, 0.15) is 37.9 Å². The number of hydrogen-bond acceptors (Lipinski definition) is 7. The quantitative estimate of drug-likeness (QED) is 0.181. The van der Waals surface area contributed by atoms with Gasteiger partial charge in [-0.1, -0.05) is 41.7 Å². The molecule has 1 aliphatic rings. The van der Waals surface area contributed by atoms with Crippen molar-refractivity contribution in [2.45, 2.75) is 26.8 Å². The van der Waals surface area contributed by atoms with Crippen molar-refractivity contribution in [1.82, 2.24) is 4.57 Å². The summed E-state index contributed by atoms with van der Waals surface area (Å²) in [4.78, 5) is 32.8. The Balaban J connectivity index is 1.80. The highest BCUT2D eigenvalue weighted by Crippen LogP contribution is 2.40. The number of carbonyl (C=O) groups is 1. The molecule has 0 N–H and O–H groups in total. The van der Waals surface area contributed by atoms with Crippen LogP contribution in [0.3, 0.4) is 0 Å². The van der Waals surface area contributed by atoms with Crippen LogP contribution in [-0.2, 0) is 9.53 Å². The number of fused-ring (bicyclic) bond motifs is 2. The van der Waals surface area contributed by atoms with Gasteiger partial charge in [-0.05, 0) is 107 Å². The third kappa shape index (κ3) is 5.20. The van der Waals surface area contributed by atoms with Crippen LogP contribution < -0.4 is 24.4 Å². The summed E-state index contributed by atoms with van der Waals surface area (Å²) < 4.78 is 21.1. The van der Waals surface area contributed by atoms with Crippen molar-refractivity contribution in [3.8, 4) is 11.5 Å². The minimum absolute atomic E-state index is 0.203. The van der Waals surface area contributed by atoms with Crippen LogP contribution in [0.2, 0.25) is 0 Å². The number of allylic oxidation sites excluding steroid dienone is 1. The van der Waals surface area contributed by atoms with Crippen LogP contribution in [0, 0.1) is 7.14 Å². The molecule has 0 amide bonds. The van der Waals surface area contributed by atoms with Crippen molar-refractivity contribution in [3.05, 3.63) is 97.8 Å². The number of hydrogen-bond donors (Lipinski definition) is 0. The summed E-state index contributed by atoms with van der Waals surface area (Å²) in [6.45, 7) is 6.27. The van der Waals surface area contributed by atoms with E-state index >= 15 is 0 Å². The number of esters is 1. The first-order chi connectivity index (χ1) is 19.3. The molecule has 7 nitrogen and oxygen atoms in total. The highest BCUT2D eigenvalue weighted by Gasteiger charge is 2.36. The maximum Gasteiger partial charge on any atom is 0.338 e. The van der Waals surface area contributed by atoms with E-state index in [1.807, 2.05) is 61.5 Å². The van der Waals surface area contributed by atoms with E-state index in [0.717, 1.165) is 34.8 Å². The monoisotopic (exact) mass is 780 g/mol. The molecule has 0 bridgehead atoms. The topological polar surface area (TPSA) is 79.1 Å². The Kier molecular flexibility index (Phi) is 8.66. The molecule has 40 heavy (non-hydrogen) atoms. The number of aromatic nitrogens is 1. The van der Waals surface area contributed by atoms with E-state index < -0.39 is 12.0 Å². The van der Waals surface area contributed by atoms with Gasteiger partial charge in [0, 0.05) is 5.56 Å². The summed E-state index contributed by atoms with van der Waals surface area (Å²) in [5, 5.41) is 1.85. The number of thiazole rings is 1. The molecular weight excluding hydrogens is 754 g/mol. The van der Waals surface area contributed by atoms with Gasteiger partial charge in [-0.3, -0.25) is 9.36 Å². The van der Waals surface area contributed by atoms with Crippen molar-refractivity contribution in [3.63, 3.8) is 0 Å². The zero-order valence-corrected chi connectivity index (χ0v) is 27.4. The third-order valence-corrected chi connectivity index (χ3v) is 9.13. The highest BCUT2D eigenvalue weighted by atomic mass is 127. The van der Waals surface area contributed by atoms with Gasteiger partial charge >= 0.3 is 5.97 Å². The smallest absolute Gasteiger partial charge is 0.338 e. The largest absolute Gasteiger partial charge is 0.496 e. The Labute approximate surface area is 262 Å². The lowest BCUT2D eigenvalue weighted by Gasteiger charge is -2.27. The molecule has 0 unspecified atom stereocenters.